The minimum atomic E-state index is -1.07. The minimum absolute atomic E-state index is 0.00861. The number of halogens is 3. The number of hydrogen-bond donors (Lipinski definition) is 3. The number of aromatic nitrogens is 2. The van der Waals surface area contributed by atoms with Crippen molar-refractivity contribution in [1.82, 2.24) is 30.0 Å². The molecule has 3 amide bonds. The Bertz CT molecular complexity index is 1240. The number of alkyl halides is 1. The molecular weight excluding hydrogens is 530 g/mol. The Labute approximate surface area is 231 Å². The summed E-state index contributed by atoms with van der Waals surface area (Å²) >= 11 is 6.33. The van der Waals surface area contributed by atoms with Gasteiger partial charge in [0.2, 0.25) is 5.95 Å². The monoisotopic (exact) mass is 562 g/mol. The van der Waals surface area contributed by atoms with Gasteiger partial charge in [-0.1, -0.05) is 18.5 Å². The van der Waals surface area contributed by atoms with E-state index in [-0.39, 0.29) is 29.6 Å². The molecule has 39 heavy (non-hydrogen) atoms. The van der Waals surface area contributed by atoms with Gasteiger partial charge in [0.25, 0.3) is 5.91 Å². The van der Waals surface area contributed by atoms with Gasteiger partial charge in [-0.15, -0.1) is 0 Å². The van der Waals surface area contributed by atoms with Gasteiger partial charge in [0, 0.05) is 51.4 Å². The van der Waals surface area contributed by atoms with Gasteiger partial charge in [-0.2, -0.15) is 4.98 Å². The van der Waals surface area contributed by atoms with Crippen molar-refractivity contribution in [2.45, 2.75) is 51.0 Å². The molecule has 3 aliphatic rings. The largest absolute Gasteiger partial charge is 0.366 e. The number of piperidine rings is 2. The number of carbonyl (C=O) groups is 2. The number of benzene rings is 1. The van der Waals surface area contributed by atoms with Gasteiger partial charge in [-0.3, -0.25) is 4.79 Å². The fourth-order valence-corrected chi connectivity index (χ4v) is 5.46. The zero-order valence-corrected chi connectivity index (χ0v) is 22.8. The molecule has 3 N–H and O–H groups in total. The number of likely N-dealkylation sites (tertiary alicyclic amines) is 2. The van der Waals surface area contributed by atoms with Gasteiger partial charge in [-0.05, 0) is 43.5 Å². The summed E-state index contributed by atoms with van der Waals surface area (Å²) in [6.45, 7) is 5.36. The van der Waals surface area contributed by atoms with E-state index < -0.39 is 18.0 Å². The first kappa shape index (κ1) is 27.3. The summed E-state index contributed by atoms with van der Waals surface area (Å²) in [5.41, 5.74) is 1.25. The Balaban J connectivity index is 1.16. The lowest BCUT2D eigenvalue weighted by Crippen LogP contribution is -2.56. The first-order valence-electron chi connectivity index (χ1n) is 13.3. The number of carbonyl (C=O) groups excluding carboxylic acids is 2. The van der Waals surface area contributed by atoms with E-state index in [0.29, 0.717) is 61.8 Å². The third kappa shape index (κ3) is 6.01. The highest BCUT2D eigenvalue weighted by Gasteiger charge is 2.32. The Hall–Kier alpha value is -3.25. The van der Waals surface area contributed by atoms with Crippen molar-refractivity contribution in [1.29, 1.82) is 0 Å². The van der Waals surface area contributed by atoms with E-state index in [0.717, 1.165) is 18.7 Å². The number of urea groups is 1. The van der Waals surface area contributed by atoms with Gasteiger partial charge in [0.1, 0.15) is 17.0 Å². The molecule has 210 valence electrons. The maximum Gasteiger partial charge on any atom is 0.317 e. The highest BCUT2D eigenvalue weighted by Crippen LogP contribution is 2.30. The van der Waals surface area contributed by atoms with Gasteiger partial charge in [0.15, 0.2) is 5.82 Å². The SMILES string of the molecule is CCN1CC[C@@H](NC(=O)N2CCC(Nc3nc(Nc4cc5c(cc4F)C(=O)N(C)C5)ncc3Cl)CC2)[C@@H](F)C1. The first-order chi connectivity index (χ1) is 18.7. The lowest BCUT2D eigenvalue weighted by molar-refractivity contribution is 0.0816. The van der Waals surface area contributed by atoms with Crippen LogP contribution in [0.2, 0.25) is 5.02 Å². The van der Waals surface area contributed by atoms with Gasteiger partial charge in [0.05, 0.1) is 17.9 Å². The topological polar surface area (TPSA) is 106 Å². The quantitative estimate of drug-likeness (QED) is 0.494. The fraction of sp³-hybridized carbons (Fsp3) is 0.538. The number of amides is 3. The van der Waals surface area contributed by atoms with Crippen molar-refractivity contribution in [3.63, 3.8) is 0 Å². The van der Waals surface area contributed by atoms with Crippen LogP contribution in [0.5, 0.6) is 0 Å². The Kier molecular flexibility index (Phi) is 8.03. The standard InChI is InChI=1S/C26H33ClF2N8O2/c1-3-36-7-6-21(20(29)14-36)33-26(39)37-8-4-16(5-9-37)31-23-18(27)12-30-25(34-23)32-22-10-15-13-35(2)24(38)17(15)11-19(22)28/h10-12,16,20-21H,3-9,13-14H2,1-2H3,(H,33,39)(H2,30,31,32,34)/t20-,21+/m0/s1. The van der Waals surface area contributed by atoms with Crippen LogP contribution in [0.25, 0.3) is 0 Å². The molecule has 0 saturated carbocycles. The molecule has 0 spiro atoms. The van der Waals surface area contributed by atoms with E-state index in [1.165, 1.54) is 17.2 Å². The maximum absolute atomic E-state index is 14.7. The van der Waals surface area contributed by atoms with E-state index in [4.69, 9.17) is 11.6 Å². The van der Waals surface area contributed by atoms with Crippen LogP contribution in [0.3, 0.4) is 0 Å². The molecule has 10 nitrogen and oxygen atoms in total. The summed E-state index contributed by atoms with van der Waals surface area (Å²) < 4.78 is 29.2. The third-order valence-corrected chi connectivity index (χ3v) is 7.95. The average molecular weight is 563 g/mol. The van der Waals surface area contributed by atoms with Crippen molar-refractivity contribution in [2.24, 2.45) is 0 Å². The van der Waals surface area contributed by atoms with Gasteiger partial charge >= 0.3 is 6.03 Å². The lowest BCUT2D eigenvalue weighted by atomic mass is 10.0. The number of nitrogens with one attached hydrogen (secondary N) is 3. The third-order valence-electron chi connectivity index (χ3n) is 7.67. The summed E-state index contributed by atoms with van der Waals surface area (Å²) in [4.78, 5) is 38.8. The molecular formula is C26H33ClF2N8O2. The second-order valence-electron chi connectivity index (χ2n) is 10.3. The average Bonchev–Trinajstić information content (AvgIpc) is 3.19. The highest BCUT2D eigenvalue weighted by molar-refractivity contribution is 6.32. The molecule has 1 aromatic heterocycles. The molecule has 2 fully saturated rings. The Morgan fingerprint density at radius 1 is 1.21 bits per heavy atom. The molecule has 3 aliphatic heterocycles. The van der Waals surface area contributed by atoms with E-state index in [9.17, 15) is 18.4 Å². The summed E-state index contributed by atoms with van der Waals surface area (Å²) in [6.07, 6.45) is 2.28. The zero-order chi connectivity index (χ0) is 27.7. The van der Waals surface area contributed by atoms with Crippen molar-refractivity contribution < 1.29 is 18.4 Å². The van der Waals surface area contributed by atoms with Crippen molar-refractivity contribution in [2.75, 3.05) is 50.4 Å². The molecule has 0 bridgehead atoms. The predicted octanol–water partition coefficient (Wildman–Crippen LogP) is 3.62. The summed E-state index contributed by atoms with van der Waals surface area (Å²) in [5, 5.41) is 9.39. The highest BCUT2D eigenvalue weighted by atomic mass is 35.5. The van der Waals surface area contributed by atoms with Gasteiger partial charge in [-0.25, -0.2) is 18.6 Å². The second kappa shape index (κ2) is 11.5. The maximum atomic E-state index is 14.7. The van der Waals surface area contributed by atoms with E-state index >= 15 is 0 Å². The first-order valence-corrected chi connectivity index (χ1v) is 13.7. The minimum Gasteiger partial charge on any atom is -0.366 e. The Morgan fingerprint density at radius 3 is 2.69 bits per heavy atom. The second-order valence-corrected chi connectivity index (χ2v) is 10.7. The van der Waals surface area contributed by atoms with Crippen LogP contribution < -0.4 is 16.0 Å². The Morgan fingerprint density at radius 2 is 1.97 bits per heavy atom. The summed E-state index contributed by atoms with van der Waals surface area (Å²) in [5.74, 6) is -0.232. The van der Waals surface area contributed by atoms with Crippen LogP contribution in [-0.2, 0) is 6.54 Å². The lowest BCUT2D eigenvalue weighted by Gasteiger charge is -2.37. The van der Waals surface area contributed by atoms with Crippen LogP contribution in [0.1, 0.15) is 42.1 Å². The molecule has 1 aromatic carbocycles. The van der Waals surface area contributed by atoms with Gasteiger partial charge < -0.3 is 30.7 Å². The molecule has 4 heterocycles. The van der Waals surface area contributed by atoms with Crippen LogP contribution in [0.15, 0.2) is 18.3 Å². The van der Waals surface area contributed by atoms with E-state index in [1.54, 1.807) is 18.0 Å². The van der Waals surface area contributed by atoms with Crippen LogP contribution in [0, 0.1) is 5.82 Å². The zero-order valence-electron chi connectivity index (χ0n) is 22.0. The summed E-state index contributed by atoms with van der Waals surface area (Å²) in [7, 11) is 1.67. The molecule has 2 atom stereocenters. The van der Waals surface area contributed by atoms with Crippen LogP contribution in [-0.4, -0.2) is 94.6 Å². The molecule has 13 heteroatoms. The molecule has 2 saturated heterocycles. The molecule has 2 aromatic rings. The number of rotatable bonds is 6. The fourth-order valence-electron chi connectivity index (χ4n) is 5.31. The number of nitrogens with zero attached hydrogens (tertiary/aromatic N) is 5. The van der Waals surface area contributed by atoms with Crippen LogP contribution in [0.4, 0.5) is 31.0 Å². The van der Waals surface area contributed by atoms with Crippen molar-refractivity contribution in [3.8, 4) is 0 Å². The molecule has 0 aliphatic carbocycles. The number of fused-ring (bicyclic) bond motifs is 1. The smallest absolute Gasteiger partial charge is 0.317 e. The predicted molar refractivity (Wildman–Crippen MR) is 145 cm³/mol. The van der Waals surface area contributed by atoms with Crippen molar-refractivity contribution in [3.05, 3.63) is 40.3 Å². The molecule has 0 unspecified atom stereocenters. The van der Waals surface area contributed by atoms with Crippen LogP contribution >= 0.6 is 11.6 Å². The van der Waals surface area contributed by atoms with E-state index in [2.05, 4.69) is 25.9 Å². The van der Waals surface area contributed by atoms with Crippen molar-refractivity contribution >= 4 is 41.0 Å². The van der Waals surface area contributed by atoms with E-state index in [1.807, 2.05) is 11.8 Å². The molecule has 5 rings (SSSR count). The number of hydrogen-bond acceptors (Lipinski definition) is 7. The normalized spacial score (nSPS) is 22.1. The number of anilines is 3. The summed E-state index contributed by atoms with van der Waals surface area (Å²) in [6, 6.07) is 2.13. The molecule has 0 radical (unpaired) electrons.